The van der Waals surface area contributed by atoms with E-state index in [-0.39, 0.29) is 11.5 Å². The van der Waals surface area contributed by atoms with E-state index in [0.717, 1.165) is 5.56 Å². The summed E-state index contributed by atoms with van der Waals surface area (Å²) < 4.78 is 50.6. The van der Waals surface area contributed by atoms with Crippen molar-refractivity contribution >= 4 is 33.3 Å². The fourth-order valence-corrected chi connectivity index (χ4v) is 5.05. The summed E-state index contributed by atoms with van der Waals surface area (Å²) in [7, 11) is -3.92. The molecule has 1 atom stereocenters. The predicted molar refractivity (Wildman–Crippen MR) is 119 cm³/mol. The molecule has 3 aromatic rings. The molecule has 3 aromatic carbocycles. The van der Waals surface area contributed by atoms with E-state index in [1.807, 2.05) is 6.92 Å². The molecular formula is C23H19Cl2FO4S. The summed E-state index contributed by atoms with van der Waals surface area (Å²) in [4.78, 5) is 0.0833. The molecular weight excluding hydrogens is 462 g/mol. The van der Waals surface area contributed by atoms with Gasteiger partial charge in [-0.25, -0.2) is 4.39 Å². The Morgan fingerprint density at radius 1 is 1.10 bits per heavy atom. The van der Waals surface area contributed by atoms with Gasteiger partial charge in [0.1, 0.15) is 24.3 Å². The van der Waals surface area contributed by atoms with Crippen LogP contribution in [-0.4, -0.2) is 21.1 Å². The summed E-state index contributed by atoms with van der Waals surface area (Å²) in [5, 5.41) is 0.730. The lowest BCUT2D eigenvalue weighted by Crippen LogP contribution is -2.29. The Bertz CT molecular complexity index is 1210. The molecule has 0 N–H and O–H groups in total. The molecule has 0 fully saturated rings. The lowest BCUT2D eigenvalue weighted by Gasteiger charge is -2.28. The molecule has 0 amide bonds. The number of hydrogen-bond donors (Lipinski definition) is 0. The molecule has 0 aliphatic carbocycles. The Labute approximate surface area is 190 Å². The van der Waals surface area contributed by atoms with Gasteiger partial charge in [-0.2, -0.15) is 8.42 Å². The summed E-state index contributed by atoms with van der Waals surface area (Å²) in [5.74, 6) is 0.00830. The van der Waals surface area contributed by atoms with Gasteiger partial charge in [0.2, 0.25) is 0 Å². The van der Waals surface area contributed by atoms with Gasteiger partial charge < -0.3 is 4.74 Å². The van der Waals surface area contributed by atoms with E-state index in [0.29, 0.717) is 45.3 Å². The standard InChI is InChI=1S/C23H19Cl2FO4S/c1-14-5-9-18(10-6-14)31(27,28)29-13-17-8-7-15-11-16(26)12-19(23(15)30-17)22-20(24)3-2-4-21(22)25/h2-6,9-12,17H,7-8,13H2,1H3/t17-/m1/s1. The first-order chi connectivity index (χ1) is 14.7. The Balaban J connectivity index is 1.59. The van der Waals surface area contributed by atoms with Gasteiger partial charge >= 0.3 is 0 Å². The van der Waals surface area contributed by atoms with Crippen LogP contribution in [0.1, 0.15) is 17.5 Å². The summed E-state index contributed by atoms with van der Waals surface area (Å²) in [6, 6.07) is 14.2. The molecule has 0 bridgehead atoms. The van der Waals surface area contributed by atoms with Crippen LogP contribution in [0.3, 0.4) is 0 Å². The lowest BCUT2D eigenvalue weighted by atomic mass is 9.95. The molecule has 0 spiro atoms. The third-order valence-corrected chi connectivity index (χ3v) is 7.03. The number of benzene rings is 3. The molecule has 4 rings (SSSR count). The van der Waals surface area contributed by atoms with Crippen LogP contribution in [-0.2, 0) is 20.7 Å². The van der Waals surface area contributed by atoms with Crippen LogP contribution in [0, 0.1) is 12.7 Å². The maximum absolute atomic E-state index is 14.3. The van der Waals surface area contributed by atoms with E-state index in [9.17, 15) is 12.8 Å². The first kappa shape index (κ1) is 22.1. The summed E-state index contributed by atoms with van der Waals surface area (Å²) in [5.41, 5.74) is 2.51. The quantitative estimate of drug-likeness (QED) is 0.407. The first-order valence-electron chi connectivity index (χ1n) is 9.64. The fraction of sp³-hybridized carbons (Fsp3) is 0.217. The molecule has 1 heterocycles. The number of rotatable bonds is 5. The molecule has 4 nitrogen and oxygen atoms in total. The van der Waals surface area contributed by atoms with E-state index in [4.69, 9.17) is 32.1 Å². The van der Waals surface area contributed by atoms with Crippen molar-refractivity contribution in [2.75, 3.05) is 6.61 Å². The second kappa shape index (κ2) is 8.79. The summed E-state index contributed by atoms with van der Waals surface area (Å²) in [6.45, 7) is 1.71. The van der Waals surface area contributed by atoms with E-state index in [2.05, 4.69) is 0 Å². The van der Waals surface area contributed by atoms with Crippen LogP contribution in [0.2, 0.25) is 10.0 Å². The highest BCUT2D eigenvalue weighted by Gasteiger charge is 2.27. The molecule has 1 aliphatic rings. The van der Waals surface area contributed by atoms with E-state index < -0.39 is 22.0 Å². The second-order valence-electron chi connectivity index (χ2n) is 7.37. The maximum atomic E-state index is 14.3. The Hall–Kier alpha value is -2.12. The Morgan fingerprint density at radius 3 is 2.45 bits per heavy atom. The van der Waals surface area contributed by atoms with Gasteiger partial charge in [-0.1, -0.05) is 47.0 Å². The highest BCUT2D eigenvalue weighted by atomic mass is 35.5. The fourth-order valence-electron chi connectivity index (χ4n) is 3.51. The van der Waals surface area contributed by atoms with Crippen molar-refractivity contribution < 1.29 is 21.7 Å². The minimum Gasteiger partial charge on any atom is -0.487 e. The van der Waals surface area contributed by atoms with Gasteiger partial charge in [0.15, 0.2) is 0 Å². The molecule has 0 radical (unpaired) electrons. The third kappa shape index (κ3) is 4.72. The van der Waals surface area contributed by atoms with Crippen LogP contribution in [0.4, 0.5) is 4.39 Å². The van der Waals surface area contributed by atoms with Crippen molar-refractivity contribution in [3.63, 3.8) is 0 Å². The Kier molecular flexibility index (Phi) is 6.26. The van der Waals surface area contributed by atoms with E-state index in [1.165, 1.54) is 24.3 Å². The minimum absolute atomic E-state index is 0.0833. The van der Waals surface area contributed by atoms with Gasteiger partial charge in [0.05, 0.1) is 14.9 Å². The van der Waals surface area contributed by atoms with E-state index in [1.54, 1.807) is 30.3 Å². The topological polar surface area (TPSA) is 52.6 Å². The normalized spacial score (nSPS) is 15.9. The lowest BCUT2D eigenvalue weighted by molar-refractivity contribution is 0.113. The Morgan fingerprint density at radius 2 is 1.77 bits per heavy atom. The van der Waals surface area contributed by atoms with Crippen LogP contribution in [0.15, 0.2) is 59.5 Å². The zero-order chi connectivity index (χ0) is 22.2. The molecule has 8 heteroatoms. The number of halogens is 3. The van der Waals surface area contributed by atoms with Crippen molar-refractivity contribution in [1.82, 2.24) is 0 Å². The van der Waals surface area contributed by atoms with Crippen molar-refractivity contribution in [3.8, 4) is 16.9 Å². The van der Waals surface area contributed by atoms with Crippen molar-refractivity contribution in [2.24, 2.45) is 0 Å². The third-order valence-electron chi connectivity index (χ3n) is 5.10. The van der Waals surface area contributed by atoms with Crippen molar-refractivity contribution in [3.05, 3.63) is 81.6 Å². The average molecular weight is 481 g/mol. The number of ether oxygens (including phenoxy) is 1. The van der Waals surface area contributed by atoms with Crippen LogP contribution in [0.5, 0.6) is 5.75 Å². The maximum Gasteiger partial charge on any atom is 0.297 e. The monoisotopic (exact) mass is 480 g/mol. The zero-order valence-corrected chi connectivity index (χ0v) is 18.9. The highest BCUT2D eigenvalue weighted by Crippen LogP contribution is 2.44. The van der Waals surface area contributed by atoms with Crippen molar-refractivity contribution in [2.45, 2.75) is 30.8 Å². The van der Waals surface area contributed by atoms with Crippen LogP contribution >= 0.6 is 23.2 Å². The summed E-state index contributed by atoms with van der Waals surface area (Å²) >= 11 is 12.7. The van der Waals surface area contributed by atoms with Crippen LogP contribution < -0.4 is 4.74 Å². The average Bonchev–Trinajstić information content (AvgIpc) is 2.72. The van der Waals surface area contributed by atoms with Gasteiger partial charge in [-0.3, -0.25) is 4.18 Å². The first-order valence-corrected chi connectivity index (χ1v) is 11.8. The molecule has 31 heavy (non-hydrogen) atoms. The van der Waals surface area contributed by atoms with Gasteiger partial charge in [-0.05, 0) is 61.7 Å². The number of fused-ring (bicyclic) bond motifs is 1. The molecule has 0 unspecified atom stereocenters. The van der Waals surface area contributed by atoms with Crippen molar-refractivity contribution in [1.29, 1.82) is 0 Å². The van der Waals surface area contributed by atoms with E-state index >= 15 is 0 Å². The van der Waals surface area contributed by atoms with Gasteiger partial charge in [0.25, 0.3) is 10.1 Å². The largest absolute Gasteiger partial charge is 0.487 e. The smallest absolute Gasteiger partial charge is 0.297 e. The van der Waals surface area contributed by atoms with Gasteiger partial charge in [-0.15, -0.1) is 0 Å². The van der Waals surface area contributed by atoms with Crippen LogP contribution in [0.25, 0.3) is 11.1 Å². The molecule has 162 valence electrons. The summed E-state index contributed by atoms with van der Waals surface area (Å²) in [6.07, 6.45) is 0.453. The highest BCUT2D eigenvalue weighted by molar-refractivity contribution is 7.86. The molecule has 0 saturated heterocycles. The minimum atomic E-state index is -3.92. The number of aryl methyl sites for hydroxylation is 2. The zero-order valence-electron chi connectivity index (χ0n) is 16.6. The van der Waals surface area contributed by atoms with Gasteiger partial charge in [0, 0.05) is 11.1 Å². The number of hydrogen-bond acceptors (Lipinski definition) is 4. The second-order valence-corrected chi connectivity index (χ2v) is 9.80. The molecule has 1 aliphatic heterocycles. The molecule has 0 aromatic heterocycles. The molecule has 0 saturated carbocycles. The SMILES string of the molecule is Cc1ccc(S(=O)(=O)OC[C@H]2CCc3cc(F)cc(-c4c(Cl)cccc4Cl)c3O2)cc1. The predicted octanol–water partition coefficient (Wildman–Crippen LogP) is 6.21.